The molecule has 2 aromatic carbocycles. The third kappa shape index (κ3) is 8.98. The highest BCUT2D eigenvalue weighted by Gasteiger charge is 2.20. The van der Waals surface area contributed by atoms with E-state index in [1.165, 1.54) is 37.7 Å². The molecule has 1 amide bonds. The molecule has 0 spiro atoms. The van der Waals surface area contributed by atoms with Crippen molar-refractivity contribution in [3.8, 4) is 0 Å². The number of aromatic amines is 1. The lowest BCUT2D eigenvalue weighted by Crippen LogP contribution is -2.45. The summed E-state index contributed by atoms with van der Waals surface area (Å²) in [6.45, 7) is 3.99. The molecule has 7 heteroatoms. The van der Waals surface area contributed by atoms with E-state index < -0.39 is 0 Å². The van der Waals surface area contributed by atoms with Gasteiger partial charge in [0, 0.05) is 49.0 Å². The highest BCUT2D eigenvalue weighted by Crippen LogP contribution is 2.20. The number of hydrogen-bond acceptors (Lipinski definition) is 5. The van der Waals surface area contributed by atoms with Crippen molar-refractivity contribution in [2.24, 2.45) is 0 Å². The number of amides is 1. The van der Waals surface area contributed by atoms with Gasteiger partial charge in [0.2, 0.25) is 5.91 Å². The fourth-order valence-corrected chi connectivity index (χ4v) is 5.65. The molecule has 216 valence electrons. The number of aromatic nitrogens is 2. The second-order valence-electron chi connectivity index (χ2n) is 11.2. The number of carbonyl (C=O) groups is 1. The molecule has 1 fully saturated rings. The molecule has 1 atom stereocenters. The number of H-pyrrole nitrogens is 1. The summed E-state index contributed by atoms with van der Waals surface area (Å²) in [5, 5.41) is 15.0. The van der Waals surface area contributed by atoms with Gasteiger partial charge >= 0.3 is 0 Å². The van der Waals surface area contributed by atoms with Gasteiger partial charge in [-0.25, -0.2) is 0 Å². The Labute approximate surface area is 243 Å². The molecule has 41 heavy (non-hydrogen) atoms. The molecular formula is C34H44N6O. The number of hydrogen-bond donors (Lipinski definition) is 5. The summed E-state index contributed by atoms with van der Waals surface area (Å²) in [5.41, 5.74) is 5.46. The Kier molecular flexibility index (Phi) is 10.9. The lowest BCUT2D eigenvalue weighted by atomic mass is 9.95. The van der Waals surface area contributed by atoms with Gasteiger partial charge in [0.1, 0.15) is 0 Å². The van der Waals surface area contributed by atoms with Gasteiger partial charge < -0.3 is 20.9 Å². The number of pyridine rings is 1. The second kappa shape index (κ2) is 15.5. The van der Waals surface area contributed by atoms with Gasteiger partial charge in [-0.15, -0.1) is 0 Å². The third-order valence-electron chi connectivity index (χ3n) is 8.06. The van der Waals surface area contributed by atoms with E-state index in [1.54, 1.807) is 6.20 Å². The van der Waals surface area contributed by atoms with Crippen LogP contribution in [0.1, 0.15) is 60.9 Å². The average molecular weight is 553 g/mol. The third-order valence-corrected chi connectivity index (χ3v) is 8.06. The number of rotatable bonds is 15. The minimum Gasteiger partial charge on any atom is -0.361 e. The van der Waals surface area contributed by atoms with Crippen molar-refractivity contribution in [3.05, 3.63) is 102 Å². The van der Waals surface area contributed by atoms with E-state index in [4.69, 9.17) is 0 Å². The van der Waals surface area contributed by atoms with Crippen molar-refractivity contribution in [3.63, 3.8) is 0 Å². The zero-order valence-corrected chi connectivity index (χ0v) is 24.0. The van der Waals surface area contributed by atoms with Crippen molar-refractivity contribution in [1.29, 1.82) is 0 Å². The molecule has 1 saturated carbocycles. The van der Waals surface area contributed by atoms with E-state index in [9.17, 15) is 4.79 Å². The van der Waals surface area contributed by atoms with Crippen LogP contribution in [0, 0.1) is 0 Å². The molecule has 5 N–H and O–H groups in total. The molecule has 2 aromatic heterocycles. The lowest BCUT2D eigenvalue weighted by Gasteiger charge is -2.22. The highest BCUT2D eigenvalue weighted by molar-refractivity contribution is 5.86. The van der Waals surface area contributed by atoms with Crippen molar-refractivity contribution in [2.45, 2.75) is 76.7 Å². The Morgan fingerprint density at radius 2 is 1.66 bits per heavy atom. The summed E-state index contributed by atoms with van der Waals surface area (Å²) >= 11 is 0. The van der Waals surface area contributed by atoms with E-state index in [-0.39, 0.29) is 11.9 Å². The van der Waals surface area contributed by atoms with Crippen LogP contribution in [0.5, 0.6) is 0 Å². The molecule has 0 unspecified atom stereocenters. The van der Waals surface area contributed by atoms with Crippen LogP contribution in [0.3, 0.4) is 0 Å². The maximum atomic E-state index is 13.4. The lowest BCUT2D eigenvalue weighted by molar-refractivity contribution is -0.123. The monoisotopic (exact) mass is 552 g/mol. The van der Waals surface area contributed by atoms with E-state index in [0.29, 0.717) is 19.5 Å². The predicted octanol–water partition coefficient (Wildman–Crippen LogP) is 4.98. The van der Waals surface area contributed by atoms with E-state index in [2.05, 4.69) is 67.6 Å². The van der Waals surface area contributed by atoms with Crippen molar-refractivity contribution in [1.82, 2.24) is 31.2 Å². The smallest absolute Gasteiger partial charge is 0.237 e. The molecule has 5 rings (SSSR count). The quantitative estimate of drug-likeness (QED) is 0.134. The number of fused-ring (bicyclic) bond motifs is 1. The summed E-state index contributed by atoms with van der Waals surface area (Å²) in [6, 6.07) is 22.9. The van der Waals surface area contributed by atoms with E-state index in [0.717, 1.165) is 59.8 Å². The van der Waals surface area contributed by atoms with Crippen LogP contribution in [0.2, 0.25) is 0 Å². The van der Waals surface area contributed by atoms with Crippen LogP contribution in [0.4, 0.5) is 0 Å². The molecular weight excluding hydrogens is 508 g/mol. The normalized spacial score (nSPS) is 14.7. The first-order valence-electron chi connectivity index (χ1n) is 15.2. The van der Waals surface area contributed by atoms with Crippen molar-refractivity contribution < 1.29 is 4.79 Å². The Bertz CT molecular complexity index is 1330. The van der Waals surface area contributed by atoms with Crippen LogP contribution in [-0.4, -0.2) is 41.0 Å². The predicted molar refractivity (Wildman–Crippen MR) is 166 cm³/mol. The Morgan fingerprint density at radius 3 is 2.46 bits per heavy atom. The second-order valence-corrected chi connectivity index (χ2v) is 11.2. The first-order valence-corrected chi connectivity index (χ1v) is 15.2. The molecule has 0 aliphatic heterocycles. The zero-order chi connectivity index (χ0) is 28.1. The van der Waals surface area contributed by atoms with Gasteiger partial charge in [0.05, 0.1) is 11.7 Å². The average Bonchev–Trinajstić information content (AvgIpc) is 3.44. The number of nitrogens with one attached hydrogen (secondary N) is 5. The minimum absolute atomic E-state index is 0.0150. The molecule has 0 radical (unpaired) electrons. The van der Waals surface area contributed by atoms with Gasteiger partial charge in [0.25, 0.3) is 0 Å². The number of nitrogens with zero attached hydrogens (tertiary/aromatic N) is 1. The minimum atomic E-state index is -0.382. The van der Waals surface area contributed by atoms with Crippen LogP contribution >= 0.6 is 0 Å². The Hall–Kier alpha value is -3.52. The van der Waals surface area contributed by atoms with Gasteiger partial charge in [-0.05, 0) is 73.7 Å². The van der Waals surface area contributed by atoms with Gasteiger partial charge in [0.15, 0.2) is 0 Å². The zero-order valence-electron chi connectivity index (χ0n) is 24.0. The number of carbonyl (C=O) groups excluding carboxylic acids is 1. The van der Waals surface area contributed by atoms with Crippen LogP contribution in [-0.2, 0) is 30.8 Å². The largest absolute Gasteiger partial charge is 0.361 e. The van der Waals surface area contributed by atoms with Gasteiger partial charge in [-0.3, -0.25) is 15.1 Å². The summed E-state index contributed by atoms with van der Waals surface area (Å²) in [5.74, 6) is -0.0150. The molecule has 1 aliphatic rings. The molecule has 1 aliphatic carbocycles. The van der Waals surface area contributed by atoms with Gasteiger partial charge in [-0.2, -0.15) is 0 Å². The van der Waals surface area contributed by atoms with E-state index in [1.807, 2.05) is 36.5 Å². The first kappa shape index (κ1) is 29.0. The maximum Gasteiger partial charge on any atom is 0.237 e. The maximum absolute atomic E-state index is 13.4. The number of benzene rings is 2. The molecule has 0 saturated heterocycles. The SMILES string of the molecule is O=C(NCc1ccc(CNCCCNC2CCCCC2)cc1)[C@H](Cc1c[nH]c2ccccc12)NCc1ccccn1. The van der Waals surface area contributed by atoms with Crippen LogP contribution < -0.4 is 21.3 Å². The van der Waals surface area contributed by atoms with Crippen LogP contribution in [0.15, 0.2) is 79.1 Å². The molecule has 7 nitrogen and oxygen atoms in total. The van der Waals surface area contributed by atoms with Crippen LogP contribution in [0.25, 0.3) is 10.9 Å². The summed E-state index contributed by atoms with van der Waals surface area (Å²) in [4.78, 5) is 21.1. The highest BCUT2D eigenvalue weighted by atomic mass is 16.2. The van der Waals surface area contributed by atoms with Gasteiger partial charge in [-0.1, -0.05) is 67.8 Å². The standard InChI is InChI=1S/C34H44N6O/c41-34(33(39-25-30-11-6-7-19-37-30)21-28-24-38-32-13-5-4-12-31(28)32)40-23-27-16-14-26(15-17-27)22-35-18-8-20-36-29-9-2-1-3-10-29/h4-7,11-17,19,24,29,33,35-36,38-39H,1-3,8-10,18,20-23,25H2,(H,40,41)/t33-/m0/s1. The summed E-state index contributed by atoms with van der Waals surface area (Å²) in [6.07, 6.45) is 12.4. The van der Waals surface area contributed by atoms with Crippen molar-refractivity contribution in [2.75, 3.05) is 13.1 Å². The molecule has 0 bridgehead atoms. The first-order chi connectivity index (χ1) is 20.2. The Balaban J connectivity index is 1.08. The fraction of sp³-hybridized carbons (Fsp3) is 0.412. The number of para-hydroxylation sites is 1. The van der Waals surface area contributed by atoms with Crippen molar-refractivity contribution >= 4 is 16.8 Å². The molecule has 2 heterocycles. The van der Waals surface area contributed by atoms with E-state index >= 15 is 0 Å². The topological polar surface area (TPSA) is 93.9 Å². The summed E-state index contributed by atoms with van der Waals surface area (Å²) in [7, 11) is 0. The Morgan fingerprint density at radius 1 is 0.878 bits per heavy atom. The fourth-order valence-electron chi connectivity index (χ4n) is 5.65. The molecule has 4 aromatic rings. The summed E-state index contributed by atoms with van der Waals surface area (Å²) < 4.78 is 0.